The summed E-state index contributed by atoms with van der Waals surface area (Å²) in [7, 11) is 0. The first kappa shape index (κ1) is 14.3. The van der Waals surface area contributed by atoms with E-state index in [1.54, 1.807) is 0 Å². The Morgan fingerprint density at radius 2 is 2.24 bits per heavy atom. The number of hydrogen-bond donors (Lipinski definition) is 1. The summed E-state index contributed by atoms with van der Waals surface area (Å²) in [6.45, 7) is 7.41. The summed E-state index contributed by atoms with van der Waals surface area (Å²) in [5, 5.41) is 9.53. The van der Waals surface area contributed by atoms with Crippen LogP contribution in [0.4, 0.5) is 5.82 Å². The van der Waals surface area contributed by atoms with Crippen LogP contribution in [-0.2, 0) is 17.6 Å². The molecule has 0 spiro atoms. The Morgan fingerprint density at radius 1 is 1.48 bits per heavy atom. The van der Waals surface area contributed by atoms with Gasteiger partial charge in [0.05, 0.1) is 11.7 Å². The van der Waals surface area contributed by atoms with Crippen molar-refractivity contribution in [1.82, 2.24) is 4.98 Å². The van der Waals surface area contributed by atoms with Crippen LogP contribution in [-0.4, -0.2) is 40.9 Å². The molecule has 1 atom stereocenters. The zero-order valence-electron chi connectivity index (χ0n) is 12.8. The van der Waals surface area contributed by atoms with Gasteiger partial charge in [-0.05, 0) is 51.7 Å². The summed E-state index contributed by atoms with van der Waals surface area (Å²) in [4.78, 5) is 18.4. The summed E-state index contributed by atoms with van der Waals surface area (Å²) < 4.78 is 5.90. The van der Waals surface area contributed by atoms with Crippen LogP contribution < -0.4 is 4.90 Å². The molecule has 1 aliphatic heterocycles. The van der Waals surface area contributed by atoms with Crippen molar-refractivity contribution in [1.29, 1.82) is 0 Å². The van der Waals surface area contributed by atoms with Crippen molar-refractivity contribution in [2.45, 2.75) is 51.7 Å². The van der Waals surface area contributed by atoms with E-state index in [2.05, 4.69) is 9.88 Å². The minimum Gasteiger partial charge on any atom is -0.478 e. The van der Waals surface area contributed by atoms with Crippen LogP contribution >= 0.6 is 0 Å². The maximum atomic E-state index is 11.6. The summed E-state index contributed by atoms with van der Waals surface area (Å²) >= 11 is 0. The quantitative estimate of drug-likeness (QED) is 0.905. The second-order valence-electron chi connectivity index (χ2n) is 6.69. The number of hydrogen-bond acceptors (Lipinski definition) is 4. The number of carboxylic acids is 1. The number of fused-ring (bicyclic) bond motifs is 1. The van der Waals surface area contributed by atoms with E-state index in [0.29, 0.717) is 24.5 Å². The van der Waals surface area contributed by atoms with Gasteiger partial charge < -0.3 is 14.7 Å². The Hall–Kier alpha value is -1.62. The van der Waals surface area contributed by atoms with Gasteiger partial charge in [-0.25, -0.2) is 9.78 Å². The average Bonchev–Trinajstić information content (AvgIpc) is 2.81. The molecule has 1 aromatic heterocycles. The van der Waals surface area contributed by atoms with Gasteiger partial charge >= 0.3 is 5.97 Å². The number of carbonyl (C=O) groups is 1. The molecule has 2 aliphatic rings. The van der Waals surface area contributed by atoms with Crippen molar-refractivity contribution in [3.8, 4) is 0 Å². The molecular formula is C16H22N2O3. The maximum absolute atomic E-state index is 11.6. The third-order valence-electron chi connectivity index (χ3n) is 4.13. The number of carboxylic acid groups (broad SMARTS) is 1. The first-order valence-electron chi connectivity index (χ1n) is 7.54. The van der Waals surface area contributed by atoms with Gasteiger partial charge in [0, 0.05) is 18.8 Å². The van der Waals surface area contributed by atoms with Crippen LogP contribution in [0.5, 0.6) is 0 Å². The molecule has 1 saturated heterocycles. The number of anilines is 1. The van der Waals surface area contributed by atoms with Crippen LogP contribution in [0.1, 0.15) is 48.8 Å². The molecule has 114 valence electrons. The largest absolute Gasteiger partial charge is 0.478 e. The van der Waals surface area contributed by atoms with E-state index < -0.39 is 5.97 Å². The molecule has 0 aromatic carbocycles. The van der Waals surface area contributed by atoms with Crippen LogP contribution in [0.3, 0.4) is 0 Å². The van der Waals surface area contributed by atoms with Crippen LogP contribution in [0, 0.1) is 0 Å². The lowest BCUT2D eigenvalue weighted by molar-refractivity contribution is -0.0752. The number of aromatic nitrogens is 1. The molecule has 2 heterocycles. The van der Waals surface area contributed by atoms with Crippen molar-refractivity contribution in [2.24, 2.45) is 0 Å². The lowest BCUT2D eigenvalue weighted by Crippen LogP contribution is -2.52. The van der Waals surface area contributed by atoms with E-state index >= 15 is 0 Å². The fourth-order valence-electron chi connectivity index (χ4n) is 3.47. The van der Waals surface area contributed by atoms with Crippen molar-refractivity contribution in [2.75, 3.05) is 18.0 Å². The van der Waals surface area contributed by atoms with Crippen molar-refractivity contribution < 1.29 is 14.6 Å². The zero-order chi connectivity index (χ0) is 15.2. The van der Waals surface area contributed by atoms with E-state index in [0.717, 1.165) is 30.5 Å². The highest BCUT2D eigenvalue weighted by Crippen LogP contribution is 2.31. The highest BCUT2D eigenvalue weighted by atomic mass is 16.5. The number of pyridine rings is 1. The highest BCUT2D eigenvalue weighted by Gasteiger charge is 2.34. The molecule has 21 heavy (non-hydrogen) atoms. The number of aromatic carboxylic acids is 1. The topological polar surface area (TPSA) is 62.7 Å². The summed E-state index contributed by atoms with van der Waals surface area (Å²) in [5.41, 5.74) is 2.18. The number of morpholine rings is 1. The smallest absolute Gasteiger partial charge is 0.339 e. The standard InChI is InChI=1S/C16H22N2O3/c1-10-8-18(9-16(2,3)21-10)14-12(15(19)20)7-11-5-4-6-13(11)17-14/h7,10H,4-6,8-9H2,1-3H3,(H,19,20). The number of ether oxygens (including phenoxy) is 1. The van der Waals surface area contributed by atoms with E-state index in [-0.39, 0.29) is 11.7 Å². The molecule has 5 nitrogen and oxygen atoms in total. The van der Waals surface area contributed by atoms with Crippen LogP contribution in [0.15, 0.2) is 6.07 Å². The summed E-state index contributed by atoms with van der Waals surface area (Å²) in [6, 6.07) is 1.82. The van der Waals surface area contributed by atoms with E-state index in [1.807, 2.05) is 26.8 Å². The highest BCUT2D eigenvalue weighted by molar-refractivity contribution is 5.93. The normalized spacial score (nSPS) is 24.0. The van der Waals surface area contributed by atoms with Crippen LogP contribution in [0.25, 0.3) is 0 Å². The van der Waals surface area contributed by atoms with Crippen molar-refractivity contribution in [3.63, 3.8) is 0 Å². The predicted octanol–water partition coefficient (Wildman–Crippen LogP) is 2.27. The molecule has 1 N–H and O–H groups in total. The summed E-state index contributed by atoms with van der Waals surface area (Å²) in [5.74, 6) is -0.296. The van der Waals surface area contributed by atoms with Gasteiger partial charge in [0.25, 0.3) is 0 Å². The first-order valence-corrected chi connectivity index (χ1v) is 7.54. The molecular weight excluding hydrogens is 268 g/mol. The first-order chi connectivity index (χ1) is 9.85. The van der Waals surface area contributed by atoms with Gasteiger partial charge in [-0.3, -0.25) is 0 Å². The minimum absolute atomic E-state index is 0.0606. The van der Waals surface area contributed by atoms with Gasteiger partial charge in [-0.2, -0.15) is 0 Å². The monoisotopic (exact) mass is 290 g/mol. The molecule has 0 amide bonds. The molecule has 0 radical (unpaired) electrons. The Balaban J connectivity index is 2.02. The van der Waals surface area contributed by atoms with Gasteiger partial charge in [0.2, 0.25) is 0 Å². The number of nitrogens with zero attached hydrogens (tertiary/aromatic N) is 2. The average molecular weight is 290 g/mol. The lowest BCUT2D eigenvalue weighted by Gasteiger charge is -2.42. The number of rotatable bonds is 2. The van der Waals surface area contributed by atoms with Gasteiger partial charge in [-0.15, -0.1) is 0 Å². The van der Waals surface area contributed by atoms with Gasteiger partial charge in [-0.1, -0.05) is 0 Å². The fraction of sp³-hybridized carbons (Fsp3) is 0.625. The molecule has 5 heteroatoms. The van der Waals surface area contributed by atoms with Crippen molar-refractivity contribution in [3.05, 3.63) is 22.9 Å². The van der Waals surface area contributed by atoms with Gasteiger partial charge in [0.1, 0.15) is 11.4 Å². The lowest BCUT2D eigenvalue weighted by atomic mass is 10.0. The molecule has 1 fully saturated rings. The SMILES string of the molecule is CC1CN(c2nc3c(cc2C(=O)O)CCC3)CC(C)(C)O1. The Morgan fingerprint density at radius 3 is 2.90 bits per heavy atom. The predicted molar refractivity (Wildman–Crippen MR) is 80.1 cm³/mol. The third kappa shape index (κ3) is 2.75. The molecule has 1 unspecified atom stereocenters. The minimum atomic E-state index is -0.899. The summed E-state index contributed by atoms with van der Waals surface area (Å²) in [6.07, 6.45) is 3.01. The third-order valence-corrected chi connectivity index (χ3v) is 4.13. The fourth-order valence-corrected chi connectivity index (χ4v) is 3.47. The van der Waals surface area contributed by atoms with E-state index in [9.17, 15) is 9.90 Å². The van der Waals surface area contributed by atoms with Crippen LogP contribution in [0.2, 0.25) is 0 Å². The molecule has 0 bridgehead atoms. The maximum Gasteiger partial charge on any atom is 0.339 e. The van der Waals surface area contributed by atoms with E-state index in [1.165, 1.54) is 0 Å². The Bertz CT molecular complexity index is 583. The molecule has 0 saturated carbocycles. The Labute approximate surface area is 124 Å². The van der Waals surface area contributed by atoms with Gasteiger partial charge in [0.15, 0.2) is 0 Å². The Kier molecular flexibility index (Phi) is 3.40. The second kappa shape index (κ2) is 4.98. The molecule has 3 rings (SSSR count). The molecule has 1 aliphatic carbocycles. The van der Waals surface area contributed by atoms with E-state index in [4.69, 9.17) is 4.74 Å². The number of aryl methyl sites for hydroxylation is 2. The van der Waals surface area contributed by atoms with Crippen molar-refractivity contribution >= 4 is 11.8 Å². The molecule has 1 aromatic rings. The zero-order valence-corrected chi connectivity index (χ0v) is 12.8. The second-order valence-corrected chi connectivity index (χ2v) is 6.69.